The van der Waals surface area contributed by atoms with Crippen LogP contribution in [0.3, 0.4) is 0 Å². The van der Waals surface area contributed by atoms with E-state index < -0.39 is 0 Å². The molecule has 0 bridgehead atoms. The zero-order chi connectivity index (χ0) is 11.0. The minimum Gasteiger partial charge on any atom is -0.390 e. The molecule has 0 amide bonds. The van der Waals surface area contributed by atoms with Crippen LogP contribution < -0.4 is 5.32 Å². The molecule has 0 aliphatic heterocycles. The predicted molar refractivity (Wildman–Crippen MR) is 58.5 cm³/mol. The summed E-state index contributed by atoms with van der Waals surface area (Å²) in [5, 5.41) is 12.4. The third-order valence-electron chi connectivity index (χ3n) is 1.89. The summed E-state index contributed by atoms with van der Waals surface area (Å²) in [5.74, 6) is 0. The molecule has 0 heterocycles. The Morgan fingerprint density at radius 2 is 2.07 bits per heavy atom. The first-order valence-corrected chi connectivity index (χ1v) is 5.19. The molecule has 1 unspecified atom stereocenters. The van der Waals surface area contributed by atoms with Crippen LogP contribution in [0.2, 0.25) is 0 Å². The van der Waals surface area contributed by atoms with Crippen molar-refractivity contribution in [3.05, 3.63) is 0 Å². The van der Waals surface area contributed by atoms with E-state index in [1.165, 1.54) is 0 Å². The predicted octanol–water partition coefficient (Wildman–Crippen LogP) is -0.0765. The number of rotatable bonds is 8. The van der Waals surface area contributed by atoms with Crippen molar-refractivity contribution in [3.8, 4) is 0 Å². The van der Waals surface area contributed by atoms with Crippen molar-refractivity contribution in [1.82, 2.24) is 10.2 Å². The van der Waals surface area contributed by atoms with E-state index in [0.29, 0.717) is 13.1 Å². The summed E-state index contributed by atoms with van der Waals surface area (Å²) in [5.41, 5.74) is 0. The molecule has 0 aromatic carbocycles. The van der Waals surface area contributed by atoms with Crippen LogP contribution in [0.4, 0.5) is 0 Å². The molecule has 86 valence electrons. The number of nitrogens with zero attached hydrogens (tertiary/aromatic N) is 1. The molecule has 0 saturated heterocycles. The Labute approximate surface area is 87.2 Å². The summed E-state index contributed by atoms with van der Waals surface area (Å²) < 4.78 is 5.42. The summed E-state index contributed by atoms with van der Waals surface area (Å²) >= 11 is 0. The van der Waals surface area contributed by atoms with Crippen LogP contribution in [-0.2, 0) is 4.74 Å². The van der Waals surface area contributed by atoms with Gasteiger partial charge in [0.2, 0.25) is 0 Å². The lowest BCUT2D eigenvalue weighted by atomic mass is 10.3. The third-order valence-corrected chi connectivity index (χ3v) is 1.89. The largest absolute Gasteiger partial charge is 0.390 e. The SMILES string of the molecule is CNCC(O)CN(C)CCOC(C)C. The number of aliphatic hydroxyl groups excluding tert-OH is 1. The number of aliphatic hydroxyl groups is 1. The summed E-state index contributed by atoms with van der Waals surface area (Å²) in [6.07, 6.45) is -0.0188. The lowest BCUT2D eigenvalue weighted by Gasteiger charge is -2.20. The Kier molecular flexibility index (Phi) is 8.08. The smallest absolute Gasteiger partial charge is 0.0791 e. The van der Waals surface area contributed by atoms with Crippen LogP contribution in [-0.4, -0.2) is 62.6 Å². The second-order valence-electron chi connectivity index (χ2n) is 3.89. The highest BCUT2D eigenvalue weighted by atomic mass is 16.5. The van der Waals surface area contributed by atoms with Crippen molar-refractivity contribution in [2.45, 2.75) is 26.1 Å². The molecule has 0 spiro atoms. The van der Waals surface area contributed by atoms with Crippen LogP contribution in [0.15, 0.2) is 0 Å². The highest BCUT2D eigenvalue weighted by Crippen LogP contribution is 1.91. The number of hydrogen-bond donors (Lipinski definition) is 2. The van der Waals surface area contributed by atoms with Gasteiger partial charge in [-0.2, -0.15) is 0 Å². The van der Waals surface area contributed by atoms with Gasteiger partial charge in [0.1, 0.15) is 0 Å². The van der Waals surface area contributed by atoms with Gasteiger partial charge in [0.15, 0.2) is 0 Å². The summed E-state index contributed by atoms with van der Waals surface area (Å²) in [6.45, 7) is 6.95. The topological polar surface area (TPSA) is 44.7 Å². The lowest BCUT2D eigenvalue weighted by Crippen LogP contribution is -2.37. The Balaban J connectivity index is 3.39. The molecule has 14 heavy (non-hydrogen) atoms. The molecule has 0 aliphatic rings. The van der Waals surface area contributed by atoms with Crippen molar-refractivity contribution < 1.29 is 9.84 Å². The van der Waals surface area contributed by atoms with Gasteiger partial charge in [0.05, 0.1) is 18.8 Å². The van der Waals surface area contributed by atoms with E-state index in [1.54, 1.807) is 0 Å². The van der Waals surface area contributed by atoms with Gasteiger partial charge >= 0.3 is 0 Å². The maximum Gasteiger partial charge on any atom is 0.0791 e. The average Bonchev–Trinajstić information content (AvgIpc) is 2.03. The molecule has 0 aromatic heterocycles. The molecule has 0 saturated carbocycles. The lowest BCUT2D eigenvalue weighted by molar-refractivity contribution is 0.0523. The molecule has 2 N–H and O–H groups in total. The van der Waals surface area contributed by atoms with Gasteiger partial charge in [-0.1, -0.05) is 0 Å². The van der Waals surface area contributed by atoms with E-state index in [-0.39, 0.29) is 12.2 Å². The number of hydrogen-bond acceptors (Lipinski definition) is 4. The van der Waals surface area contributed by atoms with Crippen LogP contribution in [0.1, 0.15) is 13.8 Å². The molecule has 4 heteroatoms. The summed E-state index contributed by atoms with van der Waals surface area (Å²) in [6, 6.07) is 0. The fraction of sp³-hybridized carbons (Fsp3) is 1.00. The molecule has 1 atom stereocenters. The van der Waals surface area contributed by atoms with Crippen molar-refractivity contribution in [1.29, 1.82) is 0 Å². The van der Waals surface area contributed by atoms with Gasteiger partial charge in [-0.3, -0.25) is 0 Å². The quantitative estimate of drug-likeness (QED) is 0.581. The number of likely N-dealkylation sites (N-methyl/N-ethyl adjacent to an activating group) is 2. The summed E-state index contributed by atoms with van der Waals surface area (Å²) in [4.78, 5) is 2.07. The standard InChI is InChI=1S/C10H24N2O2/c1-9(2)14-6-5-12(4)8-10(13)7-11-3/h9-11,13H,5-8H2,1-4H3. The van der Waals surface area contributed by atoms with E-state index in [2.05, 4.69) is 10.2 Å². The molecule has 0 radical (unpaired) electrons. The van der Waals surface area contributed by atoms with Gasteiger partial charge in [-0.05, 0) is 27.9 Å². The molecule has 0 aliphatic carbocycles. The van der Waals surface area contributed by atoms with E-state index in [9.17, 15) is 5.11 Å². The summed E-state index contributed by atoms with van der Waals surface area (Å²) in [7, 11) is 3.83. The van der Waals surface area contributed by atoms with E-state index in [4.69, 9.17) is 4.74 Å². The fourth-order valence-electron chi connectivity index (χ4n) is 1.20. The fourth-order valence-corrected chi connectivity index (χ4v) is 1.20. The van der Waals surface area contributed by atoms with Gasteiger partial charge in [0, 0.05) is 19.6 Å². The Morgan fingerprint density at radius 1 is 1.43 bits per heavy atom. The van der Waals surface area contributed by atoms with E-state index in [1.807, 2.05) is 27.9 Å². The molecular formula is C10H24N2O2. The molecular weight excluding hydrogens is 180 g/mol. The highest BCUT2D eigenvalue weighted by Gasteiger charge is 2.06. The van der Waals surface area contributed by atoms with Gasteiger partial charge in [-0.25, -0.2) is 0 Å². The van der Waals surface area contributed by atoms with Crippen LogP contribution >= 0.6 is 0 Å². The van der Waals surface area contributed by atoms with Crippen molar-refractivity contribution in [2.24, 2.45) is 0 Å². The normalized spacial score (nSPS) is 13.9. The maximum atomic E-state index is 9.48. The van der Waals surface area contributed by atoms with Crippen LogP contribution in [0.5, 0.6) is 0 Å². The first kappa shape index (κ1) is 13.8. The second kappa shape index (κ2) is 8.17. The zero-order valence-electron chi connectivity index (χ0n) is 9.79. The zero-order valence-corrected chi connectivity index (χ0v) is 9.79. The average molecular weight is 204 g/mol. The van der Waals surface area contributed by atoms with E-state index in [0.717, 1.165) is 13.2 Å². The minimum absolute atomic E-state index is 0.283. The first-order chi connectivity index (χ1) is 6.56. The Bertz CT molecular complexity index is 131. The molecule has 0 aromatic rings. The first-order valence-electron chi connectivity index (χ1n) is 5.19. The van der Waals surface area contributed by atoms with Crippen molar-refractivity contribution in [3.63, 3.8) is 0 Å². The number of nitrogens with one attached hydrogen (secondary N) is 1. The van der Waals surface area contributed by atoms with Gasteiger partial charge in [0.25, 0.3) is 0 Å². The van der Waals surface area contributed by atoms with Crippen molar-refractivity contribution >= 4 is 0 Å². The number of ether oxygens (including phenoxy) is 1. The minimum atomic E-state index is -0.302. The van der Waals surface area contributed by atoms with Crippen molar-refractivity contribution in [2.75, 3.05) is 40.3 Å². The Morgan fingerprint density at radius 3 is 2.57 bits per heavy atom. The maximum absolute atomic E-state index is 9.48. The van der Waals surface area contributed by atoms with Gasteiger partial charge < -0.3 is 20.1 Å². The highest BCUT2D eigenvalue weighted by molar-refractivity contribution is 4.62. The molecule has 4 nitrogen and oxygen atoms in total. The second-order valence-corrected chi connectivity index (χ2v) is 3.89. The van der Waals surface area contributed by atoms with Crippen LogP contribution in [0.25, 0.3) is 0 Å². The Hall–Kier alpha value is -0.160. The van der Waals surface area contributed by atoms with Gasteiger partial charge in [-0.15, -0.1) is 0 Å². The van der Waals surface area contributed by atoms with Crippen LogP contribution in [0, 0.1) is 0 Å². The molecule has 0 fully saturated rings. The van der Waals surface area contributed by atoms with E-state index >= 15 is 0 Å². The third kappa shape index (κ3) is 8.44. The molecule has 0 rings (SSSR count). The monoisotopic (exact) mass is 204 g/mol.